The second-order valence-corrected chi connectivity index (χ2v) is 9.74. The van der Waals surface area contributed by atoms with Crippen LogP contribution in [-0.4, -0.2) is 20.5 Å². The van der Waals surface area contributed by atoms with Crippen molar-refractivity contribution in [3.05, 3.63) is 77.6 Å². The van der Waals surface area contributed by atoms with Crippen LogP contribution in [0.3, 0.4) is 0 Å². The molecule has 0 bridgehead atoms. The molecule has 1 heterocycles. The lowest BCUT2D eigenvalue weighted by atomic mass is 9.92. The number of hydrogen-bond acceptors (Lipinski definition) is 4. The fourth-order valence-electron chi connectivity index (χ4n) is 3.46. The van der Waals surface area contributed by atoms with Gasteiger partial charge >= 0.3 is 12.4 Å². The van der Waals surface area contributed by atoms with E-state index in [0.717, 1.165) is 0 Å². The minimum absolute atomic E-state index is 0.0144. The van der Waals surface area contributed by atoms with E-state index in [1.165, 1.54) is 39.4 Å². The highest BCUT2D eigenvalue weighted by Gasteiger charge is 2.41. The van der Waals surface area contributed by atoms with Crippen LogP contribution < -0.4 is 9.46 Å². The van der Waals surface area contributed by atoms with E-state index in [1.807, 2.05) is 0 Å². The number of nitrogens with one attached hydrogen (secondary N) is 1. The summed E-state index contributed by atoms with van der Waals surface area (Å²) in [7, 11) is -3.62. The third-order valence-corrected chi connectivity index (χ3v) is 6.89. The quantitative estimate of drug-likeness (QED) is 0.406. The third-order valence-electron chi connectivity index (χ3n) is 5.19. The maximum atomic E-state index is 13.5. The Morgan fingerprint density at radius 1 is 0.886 bits per heavy atom. The van der Waals surface area contributed by atoms with Crippen LogP contribution in [-0.2, 0) is 27.9 Å². The van der Waals surface area contributed by atoms with Crippen LogP contribution in [0.1, 0.15) is 30.5 Å². The molecule has 3 rings (SSSR count). The molecule has 5 nitrogen and oxygen atoms in total. The molecule has 0 aliphatic heterocycles. The first-order valence-electron chi connectivity index (χ1n) is 9.97. The van der Waals surface area contributed by atoms with Crippen molar-refractivity contribution in [2.24, 2.45) is 0 Å². The average Bonchev–Trinajstić information content (AvgIpc) is 2.77. The van der Waals surface area contributed by atoms with Crippen LogP contribution in [0.5, 0.6) is 5.75 Å². The number of benzene rings is 2. The van der Waals surface area contributed by atoms with Gasteiger partial charge in [-0.25, -0.2) is 13.1 Å². The van der Waals surface area contributed by atoms with Crippen molar-refractivity contribution in [3.63, 3.8) is 0 Å². The smallest absolute Gasteiger partial charge is 0.417 e. The first-order valence-corrected chi connectivity index (χ1v) is 11.5. The van der Waals surface area contributed by atoms with Gasteiger partial charge in [0, 0.05) is 11.8 Å². The second-order valence-electron chi connectivity index (χ2n) is 8.09. The van der Waals surface area contributed by atoms with Crippen LogP contribution >= 0.6 is 0 Å². The molecule has 0 saturated carbocycles. The maximum Gasteiger partial charge on any atom is 0.417 e. The number of aromatic nitrogens is 1. The summed E-state index contributed by atoms with van der Waals surface area (Å²) in [5, 5.41) is 0. The Morgan fingerprint density at radius 3 is 2.17 bits per heavy atom. The number of nitrogens with zero attached hydrogens (tertiary/aromatic N) is 1. The summed E-state index contributed by atoms with van der Waals surface area (Å²) >= 11 is 0. The molecule has 2 aromatic carbocycles. The largest absolute Gasteiger partial charge is 0.494 e. The highest BCUT2D eigenvalue weighted by molar-refractivity contribution is 7.89. The van der Waals surface area contributed by atoms with Crippen molar-refractivity contribution in [3.8, 4) is 16.9 Å². The summed E-state index contributed by atoms with van der Waals surface area (Å²) < 4.78 is 113. The van der Waals surface area contributed by atoms with Gasteiger partial charge in [-0.15, -0.1) is 0 Å². The summed E-state index contributed by atoms with van der Waals surface area (Å²) in [5.41, 5.74) is -3.16. The Labute approximate surface area is 197 Å². The standard InChI is InChI=1S/C23H20F6N2O3S/c1-21(2,15-6-4-5-14(11-15)17-9-10-30-13-19(17)34-3)31-35(32,33)20-12-16(22(24,25)26)7-8-18(20)23(27,28)29/h4-13,31H,1-3H3. The molecule has 0 amide bonds. The lowest BCUT2D eigenvalue weighted by molar-refractivity contribution is -0.143. The van der Waals surface area contributed by atoms with Crippen molar-refractivity contribution in [2.75, 3.05) is 7.11 Å². The molecule has 0 unspecified atom stereocenters. The Balaban J connectivity index is 2.07. The molecular formula is C23H20F6N2O3S. The van der Waals surface area contributed by atoms with Crippen LogP contribution in [0.15, 0.2) is 65.8 Å². The van der Waals surface area contributed by atoms with E-state index in [-0.39, 0.29) is 18.2 Å². The van der Waals surface area contributed by atoms with E-state index < -0.39 is 43.9 Å². The number of sulfonamides is 1. The summed E-state index contributed by atoms with van der Waals surface area (Å²) in [6.45, 7) is 2.77. The van der Waals surface area contributed by atoms with E-state index in [2.05, 4.69) is 9.71 Å². The van der Waals surface area contributed by atoms with Gasteiger partial charge in [-0.05, 0) is 55.3 Å². The summed E-state index contributed by atoms with van der Waals surface area (Å²) in [5.74, 6) is 0.432. The predicted molar refractivity (Wildman–Crippen MR) is 116 cm³/mol. The van der Waals surface area contributed by atoms with E-state index in [1.54, 1.807) is 24.3 Å². The molecule has 0 atom stereocenters. The number of halogens is 6. The van der Waals surface area contributed by atoms with Gasteiger partial charge in [-0.3, -0.25) is 4.98 Å². The van der Waals surface area contributed by atoms with Gasteiger partial charge in [0.1, 0.15) is 5.75 Å². The van der Waals surface area contributed by atoms with Crippen molar-refractivity contribution >= 4 is 10.0 Å². The fourth-order valence-corrected chi connectivity index (χ4v) is 5.12. The zero-order valence-electron chi connectivity index (χ0n) is 18.6. The van der Waals surface area contributed by atoms with E-state index in [4.69, 9.17) is 4.74 Å². The molecule has 0 radical (unpaired) electrons. The van der Waals surface area contributed by atoms with Crippen molar-refractivity contribution in [1.29, 1.82) is 0 Å². The van der Waals surface area contributed by atoms with Gasteiger partial charge in [-0.2, -0.15) is 26.3 Å². The number of pyridine rings is 1. The number of methoxy groups -OCH3 is 1. The first kappa shape index (κ1) is 26.5. The average molecular weight is 518 g/mol. The molecule has 0 aliphatic carbocycles. The van der Waals surface area contributed by atoms with Crippen molar-refractivity contribution in [2.45, 2.75) is 36.6 Å². The number of hydrogen-bond donors (Lipinski definition) is 1. The van der Waals surface area contributed by atoms with Gasteiger partial charge in [0.2, 0.25) is 10.0 Å². The minimum atomic E-state index is -5.20. The number of ether oxygens (including phenoxy) is 1. The fraction of sp³-hybridized carbons (Fsp3) is 0.261. The van der Waals surface area contributed by atoms with Gasteiger partial charge in [0.15, 0.2) is 0 Å². The van der Waals surface area contributed by atoms with Crippen LogP contribution in [0.4, 0.5) is 26.3 Å². The van der Waals surface area contributed by atoms with Gasteiger partial charge in [0.05, 0.1) is 34.9 Å². The summed E-state index contributed by atoms with van der Waals surface area (Å²) in [6, 6.07) is 8.40. The molecule has 12 heteroatoms. The van der Waals surface area contributed by atoms with E-state index >= 15 is 0 Å². The Kier molecular flexibility index (Phi) is 6.93. The number of alkyl halides is 6. The topological polar surface area (TPSA) is 68.3 Å². The zero-order valence-corrected chi connectivity index (χ0v) is 19.4. The minimum Gasteiger partial charge on any atom is -0.494 e. The van der Waals surface area contributed by atoms with Crippen LogP contribution in [0.25, 0.3) is 11.1 Å². The van der Waals surface area contributed by atoms with Gasteiger partial charge in [-0.1, -0.05) is 18.2 Å². The molecular weight excluding hydrogens is 498 g/mol. The lowest BCUT2D eigenvalue weighted by Gasteiger charge is -2.28. The third kappa shape index (κ3) is 5.76. The molecule has 188 valence electrons. The maximum absolute atomic E-state index is 13.5. The Morgan fingerprint density at radius 2 is 1.57 bits per heavy atom. The van der Waals surface area contributed by atoms with Gasteiger partial charge < -0.3 is 4.74 Å². The van der Waals surface area contributed by atoms with E-state index in [9.17, 15) is 34.8 Å². The monoisotopic (exact) mass is 518 g/mol. The second kappa shape index (κ2) is 9.15. The summed E-state index contributed by atoms with van der Waals surface area (Å²) in [4.78, 5) is 2.44. The molecule has 0 saturated heterocycles. The molecule has 0 aliphatic rings. The molecule has 1 N–H and O–H groups in total. The van der Waals surface area contributed by atoms with Crippen molar-refractivity contribution in [1.82, 2.24) is 9.71 Å². The highest BCUT2D eigenvalue weighted by Crippen LogP contribution is 2.39. The van der Waals surface area contributed by atoms with Crippen LogP contribution in [0, 0.1) is 0 Å². The molecule has 3 aromatic rings. The SMILES string of the molecule is COc1cnccc1-c1cccc(C(C)(C)NS(=O)(=O)c2cc(C(F)(F)F)ccc2C(F)(F)F)c1. The molecule has 1 aromatic heterocycles. The van der Waals surface area contributed by atoms with E-state index in [0.29, 0.717) is 22.4 Å². The molecule has 0 fully saturated rings. The first-order chi connectivity index (χ1) is 16.1. The predicted octanol–water partition coefficient (Wildman–Crippen LogP) is 6.01. The Hall–Kier alpha value is -3.12. The zero-order chi connectivity index (χ0) is 26.2. The molecule has 35 heavy (non-hydrogen) atoms. The summed E-state index contributed by atoms with van der Waals surface area (Å²) in [6.07, 6.45) is -7.25. The Bertz CT molecular complexity index is 1340. The van der Waals surface area contributed by atoms with Crippen LogP contribution in [0.2, 0.25) is 0 Å². The van der Waals surface area contributed by atoms with Crippen molar-refractivity contribution < 1.29 is 39.5 Å². The number of rotatable bonds is 6. The molecule has 0 spiro atoms. The lowest BCUT2D eigenvalue weighted by Crippen LogP contribution is -2.41. The highest BCUT2D eigenvalue weighted by atomic mass is 32.2. The normalized spacial score (nSPS) is 13.1. The van der Waals surface area contributed by atoms with Gasteiger partial charge in [0.25, 0.3) is 0 Å².